The number of furan rings is 1. The van der Waals surface area contributed by atoms with E-state index in [9.17, 15) is 5.11 Å². The van der Waals surface area contributed by atoms with Crippen molar-refractivity contribution in [1.29, 1.82) is 0 Å². The van der Waals surface area contributed by atoms with Gasteiger partial charge in [0, 0.05) is 10.4 Å². The summed E-state index contributed by atoms with van der Waals surface area (Å²) in [4.78, 5) is 0.902. The van der Waals surface area contributed by atoms with Gasteiger partial charge in [-0.3, -0.25) is 0 Å². The number of fused-ring (bicyclic) bond motifs is 1. The maximum atomic E-state index is 11.2. The molecule has 1 heterocycles. The fourth-order valence-electron chi connectivity index (χ4n) is 3.96. The highest BCUT2D eigenvalue weighted by atomic mass is 32.1. The van der Waals surface area contributed by atoms with Gasteiger partial charge in [0.1, 0.15) is 0 Å². The summed E-state index contributed by atoms with van der Waals surface area (Å²) >= 11 is 5.57. The lowest BCUT2D eigenvalue weighted by molar-refractivity contribution is 0.467. The Labute approximate surface area is 175 Å². The fourth-order valence-corrected chi connectivity index (χ4v) is 4.15. The van der Waals surface area contributed by atoms with Gasteiger partial charge in [0.15, 0.2) is 11.5 Å². The molecule has 1 aromatic heterocycles. The van der Waals surface area contributed by atoms with Crippen LogP contribution in [0.1, 0.15) is 31.4 Å². The highest BCUT2D eigenvalue weighted by molar-refractivity contribution is 7.80. The second kappa shape index (κ2) is 7.72. The number of anilines is 1. The van der Waals surface area contributed by atoms with Crippen molar-refractivity contribution in [2.24, 2.45) is 0 Å². The molecule has 0 spiro atoms. The van der Waals surface area contributed by atoms with Gasteiger partial charge in [-0.15, -0.1) is 0 Å². The van der Waals surface area contributed by atoms with Crippen LogP contribution in [0.25, 0.3) is 33.2 Å². The van der Waals surface area contributed by atoms with Gasteiger partial charge >= 0.3 is 0 Å². The summed E-state index contributed by atoms with van der Waals surface area (Å²) in [5, 5.41) is 13.3. The van der Waals surface area contributed by atoms with Crippen LogP contribution in [0, 0.1) is 0 Å². The van der Waals surface area contributed by atoms with E-state index in [1.165, 1.54) is 0 Å². The van der Waals surface area contributed by atoms with Gasteiger partial charge in [0.05, 0.1) is 5.56 Å². The van der Waals surface area contributed by atoms with E-state index in [4.69, 9.17) is 22.4 Å². The lowest BCUT2D eigenvalue weighted by Gasteiger charge is -2.13. The Morgan fingerprint density at radius 3 is 2.41 bits per heavy atom. The van der Waals surface area contributed by atoms with Gasteiger partial charge in [0.2, 0.25) is 5.88 Å². The summed E-state index contributed by atoms with van der Waals surface area (Å²) < 4.78 is 5.92. The van der Waals surface area contributed by atoms with Crippen molar-refractivity contribution >= 4 is 33.7 Å². The molecule has 3 aromatic carbocycles. The molecule has 4 aromatic rings. The van der Waals surface area contributed by atoms with Crippen LogP contribution >= 0.6 is 12.2 Å². The van der Waals surface area contributed by atoms with E-state index in [0.717, 1.165) is 50.7 Å². The van der Waals surface area contributed by atoms with E-state index in [-0.39, 0.29) is 11.6 Å². The average molecular weight is 402 g/mol. The van der Waals surface area contributed by atoms with Crippen molar-refractivity contribution in [3.05, 3.63) is 71.8 Å². The van der Waals surface area contributed by atoms with Crippen molar-refractivity contribution < 1.29 is 9.52 Å². The zero-order valence-corrected chi connectivity index (χ0v) is 17.3. The molecule has 0 saturated carbocycles. The molecule has 0 fully saturated rings. The largest absolute Gasteiger partial charge is 0.504 e. The molecule has 0 aliphatic rings. The third kappa shape index (κ3) is 3.19. The zero-order valence-electron chi connectivity index (χ0n) is 16.5. The number of hydrogen-bond donors (Lipinski definition) is 2. The molecule has 146 valence electrons. The van der Waals surface area contributed by atoms with E-state index in [1.807, 2.05) is 60.7 Å². The van der Waals surface area contributed by atoms with Crippen LogP contribution in [-0.2, 0) is 6.42 Å². The predicted octanol–water partition coefficient (Wildman–Crippen LogP) is 6.75. The molecule has 0 radical (unpaired) electrons. The number of benzene rings is 3. The third-order valence-corrected chi connectivity index (χ3v) is 5.87. The minimum absolute atomic E-state index is 0.0631. The van der Waals surface area contributed by atoms with Gasteiger partial charge in [-0.1, -0.05) is 86.7 Å². The summed E-state index contributed by atoms with van der Waals surface area (Å²) in [5.41, 5.74) is 10.6. The Hall–Kier alpha value is -3.11. The van der Waals surface area contributed by atoms with E-state index in [2.05, 4.69) is 13.8 Å². The summed E-state index contributed by atoms with van der Waals surface area (Å²) in [5.74, 6) is 0.660. The molecule has 29 heavy (non-hydrogen) atoms. The molecule has 0 aliphatic heterocycles. The topological polar surface area (TPSA) is 59.4 Å². The van der Waals surface area contributed by atoms with Gasteiger partial charge in [-0.05, 0) is 40.3 Å². The number of rotatable bonds is 5. The molecule has 0 amide bonds. The predicted molar refractivity (Wildman–Crippen MR) is 125 cm³/mol. The summed E-state index contributed by atoms with van der Waals surface area (Å²) in [7, 11) is 0. The minimum Gasteiger partial charge on any atom is -0.504 e. The van der Waals surface area contributed by atoms with E-state index >= 15 is 0 Å². The monoisotopic (exact) mass is 401 g/mol. The quantitative estimate of drug-likeness (QED) is 0.287. The molecule has 3 nitrogen and oxygen atoms in total. The summed E-state index contributed by atoms with van der Waals surface area (Å²) in [6, 6.07) is 19.9. The smallest absolute Gasteiger partial charge is 0.202 e. The van der Waals surface area contributed by atoms with Gasteiger partial charge in [-0.2, -0.15) is 0 Å². The first-order chi connectivity index (χ1) is 14.1. The highest BCUT2D eigenvalue weighted by Crippen LogP contribution is 2.47. The Kier molecular flexibility index (Phi) is 5.12. The van der Waals surface area contributed by atoms with Gasteiger partial charge in [0.25, 0.3) is 0 Å². The maximum Gasteiger partial charge on any atom is 0.202 e. The van der Waals surface area contributed by atoms with Gasteiger partial charge < -0.3 is 15.3 Å². The summed E-state index contributed by atoms with van der Waals surface area (Å²) in [6.07, 6.45) is 1.57. The van der Waals surface area contributed by atoms with E-state index in [1.54, 1.807) is 0 Å². The molecule has 0 aliphatic carbocycles. The Bertz CT molecular complexity index is 1220. The second-order valence-corrected chi connectivity index (χ2v) is 7.50. The van der Waals surface area contributed by atoms with Crippen molar-refractivity contribution in [3.8, 4) is 28.2 Å². The van der Waals surface area contributed by atoms with E-state index < -0.39 is 0 Å². The minimum atomic E-state index is 0.0631. The van der Waals surface area contributed by atoms with Crippen molar-refractivity contribution in [3.63, 3.8) is 0 Å². The third-order valence-electron chi connectivity index (χ3n) is 5.36. The van der Waals surface area contributed by atoms with Crippen molar-refractivity contribution in [2.75, 3.05) is 5.73 Å². The Morgan fingerprint density at radius 1 is 0.966 bits per heavy atom. The van der Waals surface area contributed by atoms with Crippen molar-refractivity contribution in [1.82, 2.24) is 0 Å². The van der Waals surface area contributed by atoms with Crippen LogP contribution in [0.15, 0.2) is 65.1 Å². The first-order valence-corrected chi connectivity index (χ1v) is 10.2. The van der Waals surface area contributed by atoms with Crippen LogP contribution in [0.3, 0.4) is 0 Å². The fraction of sp³-hybridized carbons (Fsp3) is 0.160. The molecular formula is C25H23NO2S. The molecule has 0 bridgehead atoms. The molecule has 4 heteroatoms. The molecule has 0 unspecified atom stereocenters. The number of aromatic hydroxyl groups is 1. The van der Waals surface area contributed by atoms with Crippen molar-refractivity contribution in [2.45, 2.75) is 26.7 Å². The molecule has 3 N–H and O–H groups in total. The first kappa shape index (κ1) is 19.2. The lowest BCUT2D eigenvalue weighted by atomic mass is 9.91. The molecule has 0 atom stereocenters. The van der Waals surface area contributed by atoms with Gasteiger partial charge in [-0.25, -0.2) is 0 Å². The van der Waals surface area contributed by atoms with Crippen LogP contribution < -0.4 is 5.73 Å². The average Bonchev–Trinajstić information content (AvgIpc) is 3.05. The van der Waals surface area contributed by atoms with Crippen LogP contribution in [0.2, 0.25) is 0 Å². The maximum absolute atomic E-state index is 11.2. The Morgan fingerprint density at radius 2 is 1.66 bits per heavy atom. The van der Waals surface area contributed by atoms with Crippen LogP contribution in [0.5, 0.6) is 5.75 Å². The second-order valence-electron chi connectivity index (χ2n) is 7.01. The SMILES string of the molecule is CCC(=S)c1cccc(-c2c(N)oc(-c3cccc4ccccc34)c2O)c1CC. The number of hydrogen-bond acceptors (Lipinski definition) is 4. The summed E-state index contributed by atoms with van der Waals surface area (Å²) in [6.45, 7) is 4.14. The normalized spacial score (nSPS) is 11.1. The lowest BCUT2D eigenvalue weighted by Crippen LogP contribution is -2.03. The zero-order chi connectivity index (χ0) is 20.5. The van der Waals surface area contributed by atoms with Crippen LogP contribution in [-0.4, -0.2) is 9.97 Å². The molecular weight excluding hydrogens is 378 g/mol. The van der Waals surface area contributed by atoms with E-state index in [0.29, 0.717) is 11.3 Å². The number of nitrogens with two attached hydrogens (primary N) is 1. The number of nitrogen functional groups attached to an aromatic ring is 1. The highest BCUT2D eigenvalue weighted by Gasteiger charge is 2.24. The van der Waals surface area contributed by atoms with Crippen LogP contribution in [0.4, 0.5) is 5.88 Å². The molecule has 4 rings (SSSR count). The molecule has 0 saturated heterocycles. The first-order valence-electron chi connectivity index (χ1n) is 9.81. The Balaban J connectivity index is 1.95. The number of thiocarbonyl (C=S) groups is 1. The standard InChI is InChI=1S/C25H23NO2S/c1-3-16-18(21(29)4-2)12-8-13-19(16)22-23(27)24(28-25(22)26)20-14-7-10-15-9-5-6-11-17(15)20/h5-14,27H,3-4,26H2,1-2H3.